The minimum atomic E-state index is -0.833. The Morgan fingerprint density at radius 1 is 1.30 bits per heavy atom. The standard InChI is InChI=1S/C2H4O2.C2H5.CH3.2Ca.H2O/c1-2(3)4;1-2;;;;/h1H3,(H,3,4);1H2,2H3;1H3;;;1H2/q;2*-1;2*+2;/p-1. The van der Waals surface area contributed by atoms with E-state index in [2.05, 4.69) is 6.92 Å². The van der Waals surface area contributed by atoms with Crippen LogP contribution in [-0.2, 0) is 0 Å². The van der Waals surface area contributed by atoms with E-state index >= 15 is 0 Å². The van der Waals surface area contributed by atoms with E-state index in [-0.39, 0.29) is 88.4 Å². The quantitative estimate of drug-likeness (QED) is 0.289. The SMILES string of the molecule is CC([O-])=[OH+].[CH2-]C.[CH3-].[Ca+2].[Ca+2].[OH-]. The second kappa shape index (κ2) is 44.2. The van der Waals surface area contributed by atoms with Crippen molar-refractivity contribution >= 4 is 81.4 Å². The van der Waals surface area contributed by atoms with E-state index in [1.54, 1.807) is 6.92 Å². The van der Waals surface area contributed by atoms with Crippen LogP contribution >= 0.6 is 0 Å². The van der Waals surface area contributed by atoms with Crippen molar-refractivity contribution in [2.45, 2.75) is 13.8 Å². The van der Waals surface area contributed by atoms with Crippen LogP contribution in [0.2, 0.25) is 0 Å². The average molecular weight is 201 g/mol. The Bertz CT molecular complexity index is 37.9. The maximum absolute atomic E-state index is 9.00. The molecule has 0 spiro atoms. The van der Waals surface area contributed by atoms with Gasteiger partial charge in [0.25, 0.3) is 5.97 Å². The van der Waals surface area contributed by atoms with Crippen molar-refractivity contribution < 1.29 is 15.4 Å². The minimum absolute atomic E-state index is 0. The first-order valence-electron chi connectivity index (χ1n) is 1.63. The number of carboxylic acid groups (broad SMARTS) is 1. The molecular formula is C5H13Ca2O3+. The summed E-state index contributed by atoms with van der Waals surface area (Å²) in [6.45, 7) is 6.08. The molecule has 0 saturated carbocycles. The van der Waals surface area contributed by atoms with E-state index in [0.717, 1.165) is 6.92 Å². The molecule has 0 aliphatic rings. The molecule has 0 unspecified atom stereocenters. The molecular weight excluding hydrogens is 188 g/mol. The third-order valence-electron chi connectivity index (χ3n) is 0. The van der Waals surface area contributed by atoms with E-state index in [0.29, 0.717) is 0 Å². The predicted octanol–water partition coefficient (Wildman–Crippen LogP) is -0.916. The molecule has 0 atom stereocenters. The zero-order chi connectivity index (χ0) is 5.58. The number of carboxylic acids is 1. The van der Waals surface area contributed by atoms with E-state index in [1.165, 1.54) is 0 Å². The Kier molecular flexibility index (Phi) is 179. The average Bonchev–Trinajstić information content (AvgIpc) is 1.41. The number of carbonyl (C=O) groups excluding carboxylic acids is 1. The molecule has 2 N–H and O–H groups in total. The van der Waals surface area contributed by atoms with Crippen molar-refractivity contribution in [1.29, 1.82) is 0 Å². The van der Waals surface area contributed by atoms with E-state index in [9.17, 15) is 0 Å². The van der Waals surface area contributed by atoms with Crippen molar-refractivity contribution in [2.75, 3.05) is 0 Å². The fraction of sp³-hybridized carbons (Fsp3) is 0.400. The summed E-state index contributed by atoms with van der Waals surface area (Å²) in [6.07, 6.45) is 0. The van der Waals surface area contributed by atoms with Gasteiger partial charge in [0.15, 0.2) is 0 Å². The number of hydrogen-bond acceptors (Lipinski definition) is 2. The fourth-order valence-electron chi connectivity index (χ4n) is 0. The summed E-state index contributed by atoms with van der Waals surface area (Å²) in [5.41, 5.74) is 0. The van der Waals surface area contributed by atoms with Crippen LogP contribution in [0.3, 0.4) is 0 Å². The number of hydrogen-bond donors (Lipinski definition) is 0. The van der Waals surface area contributed by atoms with Crippen LogP contribution < -0.4 is 5.11 Å². The van der Waals surface area contributed by atoms with Crippen molar-refractivity contribution in [3.8, 4) is 0 Å². The van der Waals surface area contributed by atoms with Gasteiger partial charge in [-0.15, -0.1) is 0 Å². The van der Waals surface area contributed by atoms with Crippen LogP contribution in [0.4, 0.5) is 0 Å². The van der Waals surface area contributed by atoms with Crippen molar-refractivity contribution in [2.24, 2.45) is 0 Å². The van der Waals surface area contributed by atoms with Crippen LogP contribution in [0.1, 0.15) is 13.8 Å². The summed E-state index contributed by atoms with van der Waals surface area (Å²) in [5, 5.41) is 9.00. The van der Waals surface area contributed by atoms with Gasteiger partial charge in [-0.3, -0.25) is 5.11 Å². The molecule has 0 radical (unpaired) electrons. The van der Waals surface area contributed by atoms with Gasteiger partial charge in [-0.1, -0.05) is 0 Å². The van der Waals surface area contributed by atoms with Gasteiger partial charge in [-0.2, -0.15) is 6.92 Å². The summed E-state index contributed by atoms with van der Waals surface area (Å²) in [6, 6.07) is 0. The molecule has 0 heterocycles. The Hall–Kier alpha value is 1.95. The molecule has 5 heteroatoms. The van der Waals surface area contributed by atoms with Crippen LogP contribution in [0, 0.1) is 14.4 Å². The number of aliphatic carboxylic acids is 1. The van der Waals surface area contributed by atoms with Gasteiger partial charge < -0.3 is 24.6 Å². The summed E-state index contributed by atoms with van der Waals surface area (Å²) in [5.74, 6) is -0.833. The third-order valence-corrected chi connectivity index (χ3v) is 0. The van der Waals surface area contributed by atoms with Gasteiger partial charge in [0.05, 0.1) is 0 Å². The minimum Gasteiger partial charge on any atom is -0.870 e. The van der Waals surface area contributed by atoms with Crippen molar-refractivity contribution in [3.05, 3.63) is 14.4 Å². The van der Waals surface area contributed by atoms with Gasteiger partial charge in [-0.25, -0.2) is 0 Å². The Labute approximate surface area is 123 Å². The smallest absolute Gasteiger partial charge is 0.870 e. The van der Waals surface area contributed by atoms with Crippen LogP contribution in [0.25, 0.3) is 0 Å². The van der Waals surface area contributed by atoms with E-state index in [1.807, 2.05) is 0 Å². The molecule has 54 valence electrons. The zero-order valence-electron chi connectivity index (χ0n) is 6.92. The van der Waals surface area contributed by atoms with Gasteiger partial charge in [0, 0.05) is 6.92 Å². The van der Waals surface area contributed by atoms with Crippen LogP contribution in [0.15, 0.2) is 0 Å². The Morgan fingerprint density at radius 2 is 1.30 bits per heavy atom. The monoisotopic (exact) mass is 201 g/mol. The van der Waals surface area contributed by atoms with Gasteiger partial charge in [-0.05, 0) is 0 Å². The maximum atomic E-state index is 9.00. The molecule has 0 amide bonds. The Balaban J connectivity index is -0.00000000625. The Morgan fingerprint density at radius 3 is 1.30 bits per heavy atom. The molecule has 0 aromatic rings. The molecule has 3 nitrogen and oxygen atoms in total. The molecule has 0 aliphatic carbocycles. The maximum Gasteiger partial charge on any atom is 2.00 e. The number of rotatable bonds is 0. The predicted molar refractivity (Wildman–Crippen MR) is 43.5 cm³/mol. The zero-order valence-corrected chi connectivity index (χ0v) is 11.3. The topological polar surface area (TPSA) is 74.5 Å². The largest absolute Gasteiger partial charge is 2.00 e. The van der Waals surface area contributed by atoms with E-state index < -0.39 is 5.97 Å². The molecule has 0 fully saturated rings. The van der Waals surface area contributed by atoms with Crippen molar-refractivity contribution in [3.63, 3.8) is 0 Å². The van der Waals surface area contributed by atoms with Crippen molar-refractivity contribution in [1.82, 2.24) is 0 Å². The second-order valence-electron chi connectivity index (χ2n) is 0.519. The molecule has 0 aromatic heterocycles. The van der Waals surface area contributed by atoms with E-state index in [4.69, 9.17) is 9.90 Å². The summed E-state index contributed by atoms with van der Waals surface area (Å²) in [7, 11) is 0. The summed E-state index contributed by atoms with van der Waals surface area (Å²) >= 11 is 0. The first-order chi connectivity index (χ1) is 2.73. The normalized spacial score (nSPS) is 3.10. The van der Waals surface area contributed by atoms with Gasteiger partial charge in [0.1, 0.15) is 0 Å². The fourth-order valence-corrected chi connectivity index (χ4v) is 0. The molecule has 0 aliphatic heterocycles. The molecule has 10 heavy (non-hydrogen) atoms. The molecule has 0 aromatic carbocycles. The summed E-state index contributed by atoms with van der Waals surface area (Å²) in [4.78, 5) is 7.42. The van der Waals surface area contributed by atoms with Crippen LogP contribution in [-0.4, -0.2) is 91.7 Å². The summed E-state index contributed by atoms with van der Waals surface area (Å²) < 4.78 is 0. The van der Waals surface area contributed by atoms with Crippen LogP contribution in [0.5, 0.6) is 0 Å². The first-order valence-corrected chi connectivity index (χ1v) is 1.63. The second-order valence-corrected chi connectivity index (χ2v) is 0.519. The molecule has 0 saturated heterocycles. The first kappa shape index (κ1) is 40.5. The third kappa shape index (κ3) is 210. The molecule has 0 rings (SSSR count). The molecule has 0 bridgehead atoms. The van der Waals surface area contributed by atoms with Gasteiger partial charge in [0.2, 0.25) is 0 Å². The van der Waals surface area contributed by atoms with Gasteiger partial charge >= 0.3 is 75.5 Å².